The quantitative estimate of drug-likeness (QED) is 0.595. The van der Waals surface area contributed by atoms with Crippen LogP contribution < -0.4 is 5.32 Å². The lowest BCUT2D eigenvalue weighted by Crippen LogP contribution is -2.50. The van der Waals surface area contributed by atoms with Crippen molar-refractivity contribution in [3.05, 3.63) is 12.7 Å². The first-order valence-corrected chi connectivity index (χ1v) is 6.90. The molecule has 0 spiro atoms. The molecule has 4 heteroatoms. The van der Waals surface area contributed by atoms with Gasteiger partial charge in [-0.05, 0) is 54.5 Å². The van der Waals surface area contributed by atoms with Crippen molar-refractivity contribution in [2.45, 2.75) is 59.1 Å². The standard InChI is InChI=1S/C15H30N2O2/c1-8-9-10-16-11-12-17(14(2,3)4)13(18)19-15(5,6)7/h8,16H,1,9-12H2,2-7H3. The third-order valence-corrected chi connectivity index (χ3v) is 2.46. The first kappa shape index (κ1) is 18.0. The van der Waals surface area contributed by atoms with Gasteiger partial charge in [0.15, 0.2) is 0 Å². The van der Waals surface area contributed by atoms with Crippen LogP contribution in [0.25, 0.3) is 0 Å². The maximum absolute atomic E-state index is 12.2. The molecule has 0 atom stereocenters. The van der Waals surface area contributed by atoms with Gasteiger partial charge in [-0.1, -0.05) is 6.08 Å². The van der Waals surface area contributed by atoms with Crippen molar-refractivity contribution < 1.29 is 9.53 Å². The van der Waals surface area contributed by atoms with Gasteiger partial charge in [0, 0.05) is 18.6 Å². The van der Waals surface area contributed by atoms with Crippen molar-refractivity contribution in [2.75, 3.05) is 19.6 Å². The van der Waals surface area contributed by atoms with Crippen molar-refractivity contribution in [1.29, 1.82) is 0 Å². The number of ether oxygens (including phenoxy) is 1. The highest BCUT2D eigenvalue weighted by Gasteiger charge is 2.29. The van der Waals surface area contributed by atoms with Crippen LogP contribution in [0, 0.1) is 0 Å². The molecule has 0 unspecified atom stereocenters. The first-order valence-electron chi connectivity index (χ1n) is 6.90. The minimum atomic E-state index is -0.461. The Labute approximate surface area is 118 Å². The molecule has 0 aliphatic rings. The summed E-state index contributed by atoms with van der Waals surface area (Å²) in [4.78, 5) is 13.9. The molecular weight excluding hydrogens is 240 g/mol. The Kier molecular flexibility index (Phi) is 7.12. The van der Waals surface area contributed by atoms with Gasteiger partial charge in [-0.15, -0.1) is 6.58 Å². The first-order chi connectivity index (χ1) is 8.58. The molecule has 0 bridgehead atoms. The molecule has 0 saturated heterocycles. The largest absolute Gasteiger partial charge is 0.444 e. The molecule has 0 rings (SSSR count). The number of nitrogens with one attached hydrogen (secondary N) is 1. The van der Waals surface area contributed by atoms with Crippen LogP contribution in [0.3, 0.4) is 0 Å². The third-order valence-electron chi connectivity index (χ3n) is 2.46. The second kappa shape index (κ2) is 7.53. The molecule has 0 aliphatic carbocycles. The van der Waals surface area contributed by atoms with E-state index in [-0.39, 0.29) is 11.6 Å². The van der Waals surface area contributed by atoms with Crippen molar-refractivity contribution in [3.8, 4) is 0 Å². The van der Waals surface area contributed by atoms with E-state index >= 15 is 0 Å². The van der Waals surface area contributed by atoms with Crippen LogP contribution in [0.2, 0.25) is 0 Å². The van der Waals surface area contributed by atoms with E-state index in [1.165, 1.54) is 0 Å². The van der Waals surface area contributed by atoms with E-state index in [1.54, 1.807) is 4.90 Å². The summed E-state index contributed by atoms with van der Waals surface area (Å²) in [6.45, 7) is 17.6. The molecule has 0 aromatic rings. The van der Waals surface area contributed by atoms with E-state index in [4.69, 9.17) is 4.74 Å². The molecule has 0 heterocycles. The highest BCUT2D eigenvalue weighted by atomic mass is 16.6. The van der Waals surface area contributed by atoms with Gasteiger partial charge in [-0.3, -0.25) is 0 Å². The van der Waals surface area contributed by atoms with Crippen LogP contribution in [0.15, 0.2) is 12.7 Å². The average molecular weight is 270 g/mol. The number of hydrogen-bond donors (Lipinski definition) is 1. The summed E-state index contributed by atoms with van der Waals surface area (Å²) >= 11 is 0. The zero-order valence-corrected chi connectivity index (χ0v) is 13.4. The molecule has 1 N–H and O–H groups in total. The number of rotatable bonds is 6. The summed E-state index contributed by atoms with van der Waals surface area (Å²) in [5.41, 5.74) is -0.709. The van der Waals surface area contributed by atoms with Gasteiger partial charge in [-0.25, -0.2) is 4.79 Å². The van der Waals surface area contributed by atoms with Gasteiger partial charge in [0.1, 0.15) is 5.60 Å². The summed E-state index contributed by atoms with van der Waals surface area (Å²) in [6.07, 6.45) is 2.55. The summed E-state index contributed by atoms with van der Waals surface area (Å²) in [6, 6.07) is 0. The maximum atomic E-state index is 12.2. The molecule has 19 heavy (non-hydrogen) atoms. The second-order valence-electron chi connectivity index (χ2n) is 6.63. The number of carbonyl (C=O) groups is 1. The monoisotopic (exact) mass is 270 g/mol. The summed E-state index contributed by atoms with van der Waals surface area (Å²) in [5, 5.41) is 3.29. The SMILES string of the molecule is C=CCCNCCN(C(=O)OC(C)(C)C)C(C)(C)C. The zero-order valence-electron chi connectivity index (χ0n) is 13.4. The Morgan fingerprint density at radius 1 is 1.21 bits per heavy atom. The minimum Gasteiger partial charge on any atom is -0.444 e. The summed E-state index contributed by atoms with van der Waals surface area (Å²) in [5.74, 6) is 0. The van der Waals surface area contributed by atoms with E-state index in [2.05, 4.69) is 11.9 Å². The molecule has 4 nitrogen and oxygen atoms in total. The van der Waals surface area contributed by atoms with Crippen molar-refractivity contribution in [2.24, 2.45) is 0 Å². The van der Waals surface area contributed by atoms with E-state index < -0.39 is 5.60 Å². The van der Waals surface area contributed by atoms with Gasteiger partial charge in [-0.2, -0.15) is 0 Å². The fraction of sp³-hybridized carbons (Fsp3) is 0.800. The Morgan fingerprint density at radius 2 is 1.79 bits per heavy atom. The number of hydrogen-bond acceptors (Lipinski definition) is 3. The Bertz CT molecular complexity index is 288. The predicted octanol–water partition coefficient (Wildman–Crippen LogP) is 3.19. The van der Waals surface area contributed by atoms with E-state index in [0.29, 0.717) is 6.54 Å². The van der Waals surface area contributed by atoms with Crippen LogP contribution in [0.5, 0.6) is 0 Å². The van der Waals surface area contributed by atoms with Crippen molar-refractivity contribution in [3.63, 3.8) is 0 Å². The Morgan fingerprint density at radius 3 is 2.21 bits per heavy atom. The van der Waals surface area contributed by atoms with Crippen LogP contribution in [-0.4, -0.2) is 41.8 Å². The molecule has 0 saturated carbocycles. The van der Waals surface area contributed by atoms with Crippen LogP contribution in [-0.2, 0) is 4.74 Å². The van der Waals surface area contributed by atoms with Crippen LogP contribution >= 0.6 is 0 Å². The fourth-order valence-electron chi connectivity index (χ4n) is 1.54. The van der Waals surface area contributed by atoms with E-state index in [0.717, 1.165) is 19.5 Å². The van der Waals surface area contributed by atoms with Gasteiger partial charge in [0.05, 0.1) is 0 Å². The Hall–Kier alpha value is -1.03. The van der Waals surface area contributed by atoms with Crippen molar-refractivity contribution in [1.82, 2.24) is 10.2 Å². The van der Waals surface area contributed by atoms with Crippen LogP contribution in [0.4, 0.5) is 4.79 Å². The molecule has 112 valence electrons. The fourth-order valence-corrected chi connectivity index (χ4v) is 1.54. The van der Waals surface area contributed by atoms with Gasteiger partial charge >= 0.3 is 6.09 Å². The highest BCUT2D eigenvalue weighted by Crippen LogP contribution is 2.17. The van der Waals surface area contributed by atoms with Gasteiger partial charge in [0.25, 0.3) is 0 Å². The average Bonchev–Trinajstić information content (AvgIpc) is 2.18. The summed E-state index contributed by atoms with van der Waals surface area (Å²) < 4.78 is 5.45. The molecule has 0 aromatic carbocycles. The molecule has 0 radical (unpaired) electrons. The number of nitrogens with zero attached hydrogens (tertiary/aromatic N) is 1. The smallest absolute Gasteiger partial charge is 0.410 e. The molecule has 1 amide bonds. The molecule has 0 aliphatic heterocycles. The second-order valence-corrected chi connectivity index (χ2v) is 6.63. The van der Waals surface area contributed by atoms with Gasteiger partial charge in [0.2, 0.25) is 0 Å². The van der Waals surface area contributed by atoms with Crippen LogP contribution in [0.1, 0.15) is 48.0 Å². The van der Waals surface area contributed by atoms with E-state index in [1.807, 2.05) is 47.6 Å². The Balaban J connectivity index is 4.40. The van der Waals surface area contributed by atoms with E-state index in [9.17, 15) is 4.79 Å². The topological polar surface area (TPSA) is 41.6 Å². The number of carbonyl (C=O) groups excluding carboxylic acids is 1. The lowest BCUT2D eigenvalue weighted by Gasteiger charge is -2.36. The lowest BCUT2D eigenvalue weighted by molar-refractivity contribution is 0.00667. The highest BCUT2D eigenvalue weighted by molar-refractivity contribution is 5.69. The summed E-state index contributed by atoms with van der Waals surface area (Å²) in [7, 11) is 0. The molecular formula is C15H30N2O2. The number of amides is 1. The minimum absolute atomic E-state index is 0.248. The normalized spacial score (nSPS) is 12.1. The maximum Gasteiger partial charge on any atom is 0.410 e. The lowest BCUT2D eigenvalue weighted by atomic mass is 10.1. The zero-order chi connectivity index (χ0) is 15.1. The van der Waals surface area contributed by atoms with Gasteiger partial charge < -0.3 is 15.0 Å². The molecule has 0 fully saturated rings. The molecule has 0 aromatic heterocycles. The third kappa shape index (κ3) is 8.65. The predicted molar refractivity (Wildman–Crippen MR) is 80.4 cm³/mol. The van der Waals surface area contributed by atoms with Crippen molar-refractivity contribution >= 4 is 6.09 Å².